The summed E-state index contributed by atoms with van der Waals surface area (Å²) in [6, 6.07) is 0.225. The Morgan fingerprint density at radius 2 is 1.89 bits per heavy atom. The maximum atomic E-state index is 11.5. The number of nitrogens with zero attached hydrogens (tertiary/aromatic N) is 1. The van der Waals surface area contributed by atoms with E-state index in [4.69, 9.17) is 4.74 Å². The minimum Gasteiger partial charge on any atom is -0.468 e. The van der Waals surface area contributed by atoms with Crippen LogP contribution in [-0.4, -0.2) is 60.4 Å². The molecular weight excluding hydrogens is 232 g/mol. The van der Waals surface area contributed by atoms with E-state index in [0.717, 1.165) is 25.9 Å². The van der Waals surface area contributed by atoms with Crippen LogP contribution in [0.5, 0.6) is 0 Å². The number of rotatable bonds is 5. The molecule has 0 saturated carbocycles. The molecule has 2 N–H and O–H groups in total. The van der Waals surface area contributed by atoms with Gasteiger partial charge in [0.15, 0.2) is 0 Å². The molecular formula is C13H26N2O3. The van der Waals surface area contributed by atoms with E-state index in [1.54, 1.807) is 6.92 Å². The molecule has 1 saturated heterocycles. The summed E-state index contributed by atoms with van der Waals surface area (Å²) >= 11 is 0. The van der Waals surface area contributed by atoms with E-state index in [2.05, 4.69) is 24.1 Å². The molecule has 0 radical (unpaired) electrons. The summed E-state index contributed by atoms with van der Waals surface area (Å²) in [6.07, 6.45) is 1.26. The fourth-order valence-corrected chi connectivity index (χ4v) is 2.37. The first-order valence-corrected chi connectivity index (χ1v) is 6.71. The van der Waals surface area contributed by atoms with E-state index in [9.17, 15) is 9.90 Å². The number of ether oxygens (including phenoxy) is 1. The van der Waals surface area contributed by atoms with Crippen molar-refractivity contribution in [2.75, 3.05) is 20.2 Å². The fourth-order valence-electron chi connectivity index (χ4n) is 2.37. The average molecular weight is 258 g/mol. The van der Waals surface area contributed by atoms with Crippen molar-refractivity contribution < 1.29 is 14.6 Å². The van der Waals surface area contributed by atoms with Crippen LogP contribution in [0.1, 0.15) is 33.6 Å². The first-order valence-electron chi connectivity index (χ1n) is 6.71. The van der Waals surface area contributed by atoms with E-state index >= 15 is 0 Å². The summed E-state index contributed by atoms with van der Waals surface area (Å²) < 4.78 is 4.70. The monoisotopic (exact) mass is 258 g/mol. The van der Waals surface area contributed by atoms with Crippen molar-refractivity contribution >= 4 is 5.97 Å². The number of likely N-dealkylation sites (tertiary alicyclic amines) is 1. The standard InChI is InChI=1S/C13H26N2O3/c1-9(2)15-7-5-11(6-8-15)14-12(10(3)16)13(17)18-4/h9-12,14,16H,5-8H2,1-4H3. The number of aliphatic hydroxyl groups excluding tert-OH is 1. The first kappa shape index (κ1) is 15.4. The lowest BCUT2D eigenvalue weighted by Gasteiger charge is -2.36. The molecule has 1 aliphatic heterocycles. The Hall–Kier alpha value is -0.650. The van der Waals surface area contributed by atoms with Gasteiger partial charge in [-0.15, -0.1) is 0 Å². The number of carbonyl (C=O) groups excluding carboxylic acids is 1. The zero-order chi connectivity index (χ0) is 13.7. The summed E-state index contributed by atoms with van der Waals surface area (Å²) in [5.74, 6) is -0.392. The average Bonchev–Trinajstić information content (AvgIpc) is 2.35. The lowest BCUT2D eigenvalue weighted by atomic mass is 10.0. The van der Waals surface area contributed by atoms with Crippen molar-refractivity contribution in [1.82, 2.24) is 10.2 Å². The number of nitrogens with one attached hydrogen (secondary N) is 1. The minimum atomic E-state index is -0.736. The number of hydrogen-bond acceptors (Lipinski definition) is 5. The molecule has 2 unspecified atom stereocenters. The Morgan fingerprint density at radius 1 is 1.33 bits per heavy atom. The van der Waals surface area contributed by atoms with Gasteiger partial charge in [0.25, 0.3) is 0 Å². The second-order valence-electron chi connectivity index (χ2n) is 5.31. The predicted molar refractivity (Wildman–Crippen MR) is 70.4 cm³/mol. The zero-order valence-corrected chi connectivity index (χ0v) is 11.8. The molecule has 2 atom stereocenters. The van der Waals surface area contributed by atoms with E-state index in [1.165, 1.54) is 7.11 Å². The van der Waals surface area contributed by atoms with Crippen LogP contribution in [0.4, 0.5) is 0 Å². The van der Waals surface area contributed by atoms with Gasteiger partial charge in [-0.3, -0.25) is 10.1 Å². The molecule has 1 heterocycles. The Bertz CT molecular complexity index is 261. The number of esters is 1. The van der Waals surface area contributed by atoms with Gasteiger partial charge < -0.3 is 14.7 Å². The summed E-state index contributed by atoms with van der Waals surface area (Å²) in [7, 11) is 1.35. The van der Waals surface area contributed by atoms with Crippen molar-refractivity contribution in [1.29, 1.82) is 0 Å². The molecule has 18 heavy (non-hydrogen) atoms. The topological polar surface area (TPSA) is 61.8 Å². The Balaban J connectivity index is 2.45. The Kier molecular flexibility index (Phi) is 6.05. The van der Waals surface area contributed by atoms with E-state index in [1.807, 2.05) is 0 Å². The fraction of sp³-hybridized carbons (Fsp3) is 0.923. The second kappa shape index (κ2) is 7.07. The van der Waals surface area contributed by atoms with Gasteiger partial charge >= 0.3 is 5.97 Å². The summed E-state index contributed by atoms with van der Waals surface area (Å²) in [5.41, 5.74) is 0. The highest BCUT2D eigenvalue weighted by Gasteiger charge is 2.29. The van der Waals surface area contributed by atoms with Gasteiger partial charge in [0.05, 0.1) is 13.2 Å². The van der Waals surface area contributed by atoms with E-state index in [-0.39, 0.29) is 6.04 Å². The third-order valence-electron chi connectivity index (χ3n) is 3.61. The summed E-state index contributed by atoms with van der Waals surface area (Å²) in [6.45, 7) is 8.06. The number of carbonyl (C=O) groups is 1. The van der Waals surface area contributed by atoms with E-state index < -0.39 is 18.1 Å². The Morgan fingerprint density at radius 3 is 2.28 bits per heavy atom. The number of hydrogen-bond donors (Lipinski definition) is 2. The molecule has 1 rings (SSSR count). The molecule has 106 valence electrons. The van der Waals surface area contributed by atoms with Crippen LogP contribution in [-0.2, 0) is 9.53 Å². The molecule has 0 aliphatic carbocycles. The molecule has 1 fully saturated rings. The van der Waals surface area contributed by atoms with E-state index in [0.29, 0.717) is 6.04 Å². The van der Waals surface area contributed by atoms with Gasteiger partial charge in [-0.05, 0) is 46.7 Å². The smallest absolute Gasteiger partial charge is 0.325 e. The maximum absolute atomic E-state index is 11.5. The minimum absolute atomic E-state index is 0.277. The molecule has 0 bridgehead atoms. The summed E-state index contributed by atoms with van der Waals surface area (Å²) in [4.78, 5) is 14.0. The van der Waals surface area contributed by atoms with Crippen LogP contribution >= 0.6 is 0 Å². The SMILES string of the molecule is COC(=O)C(NC1CCN(C(C)C)CC1)C(C)O. The molecule has 0 aromatic carbocycles. The number of piperidine rings is 1. The van der Waals surface area contributed by atoms with Gasteiger partial charge in [0.1, 0.15) is 6.04 Å². The van der Waals surface area contributed by atoms with Crippen LogP contribution in [0.15, 0.2) is 0 Å². The maximum Gasteiger partial charge on any atom is 0.325 e. The lowest BCUT2D eigenvalue weighted by molar-refractivity contribution is -0.146. The molecule has 5 heteroatoms. The zero-order valence-electron chi connectivity index (χ0n) is 11.8. The normalized spacial score (nSPS) is 21.9. The molecule has 0 aromatic heterocycles. The third kappa shape index (κ3) is 4.23. The predicted octanol–water partition coefficient (Wildman–Crippen LogP) is 0.371. The molecule has 0 aromatic rings. The van der Waals surface area contributed by atoms with Crippen LogP contribution in [0.3, 0.4) is 0 Å². The molecule has 5 nitrogen and oxygen atoms in total. The first-order chi connectivity index (χ1) is 8.45. The Labute approximate surface area is 109 Å². The van der Waals surface area contributed by atoms with Crippen molar-refractivity contribution in [3.63, 3.8) is 0 Å². The number of methoxy groups -OCH3 is 1. The third-order valence-corrected chi connectivity index (χ3v) is 3.61. The van der Waals surface area contributed by atoms with Crippen molar-refractivity contribution in [3.05, 3.63) is 0 Å². The van der Waals surface area contributed by atoms with Crippen LogP contribution in [0, 0.1) is 0 Å². The highest BCUT2D eigenvalue weighted by atomic mass is 16.5. The largest absolute Gasteiger partial charge is 0.468 e. The molecule has 0 spiro atoms. The highest BCUT2D eigenvalue weighted by molar-refractivity contribution is 5.76. The van der Waals surface area contributed by atoms with Crippen LogP contribution in [0.25, 0.3) is 0 Å². The van der Waals surface area contributed by atoms with Gasteiger partial charge in [-0.1, -0.05) is 0 Å². The van der Waals surface area contributed by atoms with Gasteiger partial charge in [0, 0.05) is 12.1 Å². The van der Waals surface area contributed by atoms with Crippen LogP contribution < -0.4 is 5.32 Å². The molecule has 0 amide bonds. The highest BCUT2D eigenvalue weighted by Crippen LogP contribution is 2.14. The van der Waals surface area contributed by atoms with Crippen molar-refractivity contribution in [3.8, 4) is 0 Å². The lowest BCUT2D eigenvalue weighted by Crippen LogP contribution is -2.53. The molecule has 1 aliphatic rings. The van der Waals surface area contributed by atoms with Crippen molar-refractivity contribution in [2.24, 2.45) is 0 Å². The second-order valence-corrected chi connectivity index (χ2v) is 5.31. The van der Waals surface area contributed by atoms with Crippen molar-refractivity contribution in [2.45, 2.75) is 57.8 Å². The van der Waals surface area contributed by atoms with Gasteiger partial charge in [-0.25, -0.2) is 0 Å². The van der Waals surface area contributed by atoms with Crippen LogP contribution in [0.2, 0.25) is 0 Å². The summed E-state index contributed by atoms with van der Waals surface area (Å²) in [5, 5.41) is 12.8. The van der Waals surface area contributed by atoms with Gasteiger partial charge in [-0.2, -0.15) is 0 Å². The number of aliphatic hydroxyl groups is 1. The van der Waals surface area contributed by atoms with Gasteiger partial charge in [0.2, 0.25) is 0 Å². The quantitative estimate of drug-likeness (QED) is 0.698.